The summed E-state index contributed by atoms with van der Waals surface area (Å²) in [4.78, 5) is 28.7. The number of carbonyl (C=O) groups excluding carboxylic acids is 2. The fourth-order valence-electron chi connectivity index (χ4n) is 3.77. The van der Waals surface area contributed by atoms with Crippen molar-refractivity contribution in [2.75, 3.05) is 23.3 Å². The number of nitriles is 1. The van der Waals surface area contributed by atoms with Crippen LogP contribution in [0, 0.1) is 17.2 Å². The first-order valence-electron chi connectivity index (χ1n) is 10.1. The Hall–Kier alpha value is -3.33. The van der Waals surface area contributed by atoms with Crippen molar-refractivity contribution in [3.63, 3.8) is 0 Å². The van der Waals surface area contributed by atoms with Crippen LogP contribution >= 0.6 is 0 Å². The topological polar surface area (TPSA) is 76.4 Å². The molecule has 2 aliphatic rings. The Kier molecular flexibility index (Phi) is 5.48. The van der Waals surface area contributed by atoms with E-state index in [1.54, 1.807) is 11.0 Å². The number of nitrogens with zero attached hydrogens (tertiary/aromatic N) is 3. The maximum atomic E-state index is 13.0. The number of amides is 3. The lowest BCUT2D eigenvalue weighted by molar-refractivity contribution is -0.122. The van der Waals surface area contributed by atoms with E-state index in [-0.39, 0.29) is 17.9 Å². The number of nitrogens with one attached hydrogen (secondary N) is 1. The van der Waals surface area contributed by atoms with Crippen molar-refractivity contribution in [3.8, 4) is 6.07 Å². The highest BCUT2D eigenvalue weighted by molar-refractivity contribution is 5.95. The third kappa shape index (κ3) is 4.24. The Morgan fingerprint density at radius 1 is 1.10 bits per heavy atom. The van der Waals surface area contributed by atoms with Gasteiger partial charge in [-0.05, 0) is 61.2 Å². The number of benzene rings is 2. The first kappa shape index (κ1) is 19.0. The Morgan fingerprint density at radius 2 is 1.90 bits per heavy atom. The Bertz CT molecular complexity index is 944. The molecule has 1 saturated heterocycles. The van der Waals surface area contributed by atoms with E-state index < -0.39 is 0 Å². The van der Waals surface area contributed by atoms with Gasteiger partial charge in [-0.25, -0.2) is 4.79 Å². The predicted octanol–water partition coefficient (Wildman–Crippen LogP) is 4.13. The molecule has 1 aliphatic carbocycles. The second-order valence-corrected chi connectivity index (χ2v) is 7.69. The van der Waals surface area contributed by atoms with E-state index in [4.69, 9.17) is 5.26 Å². The molecule has 0 unspecified atom stereocenters. The molecule has 0 spiro atoms. The van der Waals surface area contributed by atoms with Gasteiger partial charge >= 0.3 is 6.03 Å². The number of hydrogen-bond donors (Lipinski definition) is 1. The van der Waals surface area contributed by atoms with E-state index in [0.717, 1.165) is 42.6 Å². The summed E-state index contributed by atoms with van der Waals surface area (Å²) >= 11 is 0. The van der Waals surface area contributed by atoms with Gasteiger partial charge in [0.15, 0.2) is 0 Å². The first-order valence-corrected chi connectivity index (χ1v) is 10.1. The van der Waals surface area contributed by atoms with Crippen LogP contribution < -0.4 is 10.2 Å². The van der Waals surface area contributed by atoms with Crippen molar-refractivity contribution in [1.82, 2.24) is 4.90 Å². The molecule has 2 fully saturated rings. The lowest BCUT2D eigenvalue weighted by Gasteiger charge is -2.35. The van der Waals surface area contributed by atoms with Crippen LogP contribution in [0.5, 0.6) is 0 Å². The summed E-state index contributed by atoms with van der Waals surface area (Å²) in [6.45, 7) is 1.85. The summed E-state index contributed by atoms with van der Waals surface area (Å²) in [6.07, 6.45) is 3.95. The number of carbonyl (C=O) groups is 2. The smallest absolute Gasteiger partial charge is 0.324 e. The second-order valence-electron chi connectivity index (χ2n) is 7.69. The maximum Gasteiger partial charge on any atom is 0.324 e. The molecule has 0 bridgehead atoms. The molecule has 0 atom stereocenters. The van der Waals surface area contributed by atoms with Gasteiger partial charge < -0.3 is 10.2 Å². The Morgan fingerprint density at radius 3 is 2.59 bits per heavy atom. The van der Waals surface area contributed by atoms with Crippen LogP contribution in [0.2, 0.25) is 0 Å². The quantitative estimate of drug-likeness (QED) is 0.837. The highest BCUT2D eigenvalue weighted by Gasteiger charge is 2.27. The highest BCUT2D eigenvalue weighted by atomic mass is 16.2. The first-order chi connectivity index (χ1) is 14.1. The molecule has 0 radical (unpaired) electrons. The minimum Gasteiger partial charge on any atom is -0.326 e. The predicted molar refractivity (Wildman–Crippen MR) is 111 cm³/mol. The van der Waals surface area contributed by atoms with Crippen molar-refractivity contribution in [1.29, 1.82) is 5.26 Å². The van der Waals surface area contributed by atoms with Crippen LogP contribution in [0.4, 0.5) is 16.2 Å². The fraction of sp³-hybridized carbons (Fsp3) is 0.348. The van der Waals surface area contributed by atoms with E-state index in [2.05, 4.69) is 11.4 Å². The van der Waals surface area contributed by atoms with E-state index in [9.17, 15) is 9.59 Å². The van der Waals surface area contributed by atoms with Gasteiger partial charge in [-0.3, -0.25) is 9.69 Å². The molecule has 148 valence electrons. The van der Waals surface area contributed by atoms with Gasteiger partial charge in [-0.15, -0.1) is 0 Å². The zero-order valence-electron chi connectivity index (χ0n) is 16.3. The molecule has 29 heavy (non-hydrogen) atoms. The number of urea groups is 1. The molecule has 1 aliphatic heterocycles. The molecule has 6 nitrogen and oxygen atoms in total. The van der Waals surface area contributed by atoms with Gasteiger partial charge in [-0.1, -0.05) is 18.6 Å². The average Bonchev–Trinajstić information content (AvgIpc) is 2.69. The zero-order valence-corrected chi connectivity index (χ0v) is 16.3. The lowest BCUT2D eigenvalue weighted by Crippen LogP contribution is -2.49. The van der Waals surface area contributed by atoms with E-state index in [1.807, 2.05) is 47.4 Å². The van der Waals surface area contributed by atoms with Crippen molar-refractivity contribution in [2.45, 2.75) is 32.2 Å². The monoisotopic (exact) mass is 388 g/mol. The summed E-state index contributed by atoms with van der Waals surface area (Å²) in [5.41, 5.74) is 3.14. The van der Waals surface area contributed by atoms with Crippen molar-refractivity contribution < 1.29 is 9.59 Å². The van der Waals surface area contributed by atoms with Crippen LogP contribution in [-0.2, 0) is 11.3 Å². The van der Waals surface area contributed by atoms with Crippen molar-refractivity contribution in [3.05, 3.63) is 59.7 Å². The standard InChI is InChI=1S/C23H24N4O2/c24-15-17-4-1-5-18(14-17)16-26-12-3-13-27(23(26)29)21-10-8-20(9-11-21)25-22(28)19-6-2-7-19/h1,4-5,8-11,14,19H,2-3,6-7,12-13,16H2,(H,25,28). The summed E-state index contributed by atoms with van der Waals surface area (Å²) in [5, 5.41) is 12.0. The molecule has 0 aromatic heterocycles. The van der Waals surface area contributed by atoms with Crippen molar-refractivity contribution >= 4 is 23.3 Å². The summed E-state index contributed by atoms with van der Waals surface area (Å²) in [7, 11) is 0. The number of rotatable bonds is 5. The van der Waals surface area contributed by atoms with E-state index in [1.165, 1.54) is 0 Å². The van der Waals surface area contributed by atoms with Crippen LogP contribution in [0.1, 0.15) is 36.8 Å². The molecule has 4 rings (SSSR count). The molecule has 1 saturated carbocycles. The van der Waals surface area contributed by atoms with Crippen LogP contribution in [-0.4, -0.2) is 29.9 Å². The molecule has 3 amide bonds. The summed E-state index contributed by atoms with van der Waals surface area (Å²) in [6, 6.07) is 16.9. The third-order valence-corrected chi connectivity index (χ3v) is 5.66. The SMILES string of the molecule is N#Cc1cccc(CN2CCCN(c3ccc(NC(=O)C4CCC4)cc3)C2=O)c1. The fourth-order valence-corrected chi connectivity index (χ4v) is 3.77. The summed E-state index contributed by atoms with van der Waals surface area (Å²) < 4.78 is 0. The number of anilines is 2. The minimum absolute atomic E-state index is 0.0372. The maximum absolute atomic E-state index is 13.0. The Labute approximate surface area is 170 Å². The van der Waals surface area contributed by atoms with Gasteiger partial charge in [0.05, 0.1) is 11.6 Å². The molecule has 6 heteroatoms. The normalized spacial score (nSPS) is 16.9. The van der Waals surface area contributed by atoms with Crippen LogP contribution in [0.3, 0.4) is 0 Å². The molecule has 1 heterocycles. The average molecular weight is 388 g/mol. The van der Waals surface area contributed by atoms with Crippen LogP contribution in [0.15, 0.2) is 48.5 Å². The lowest BCUT2D eigenvalue weighted by atomic mass is 9.85. The van der Waals surface area contributed by atoms with Gasteiger partial charge in [0.1, 0.15) is 0 Å². The molecule has 2 aromatic rings. The van der Waals surface area contributed by atoms with E-state index in [0.29, 0.717) is 25.2 Å². The molecular formula is C23H24N4O2. The van der Waals surface area contributed by atoms with E-state index >= 15 is 0 Å². The van der Waals surface area contributed by atoms with Gasteiger partial charge in [0, 0.05) is 36.9 Å². The zero-order chi connectivity index (χ0) is 20.2. The minimum atomic E-state index is -0.0372. The number of hydrogen-bond acceptors (Lipinski definition) is 3. The highest BCUT2D eigenvalue weighted by Crippen LogP contribution is 2.28. The van der Waals surface area contributed by atoms with Crippen molar-refractivity contribution in [2.24, 2.45) is 5.92 Å². The van der Waals surface area contributed by atoms with Crippen LogP contribution in [0.25, 0.3) is 0 Å². The largest absolute Gasteiger partial charge is 0.326 e. The molecule has 2 aromatic carbocycles. The van der Waals surface area contributed by atoms with Gasteiger partial charge in [-0.2, -0.15) is 5.26 Å². The molecular weight excluding hydrogens is 364 g/mol. The van der Waals surface area contributed by atoms with Gasteiger partial charge in [0.25, 0.3) is 0 Å². The van der Waals surface area contributed by atoms with Gasteiger partial charge in [0.2, 0.25) is 5.91 Å². The molecule has 1 N–H and O–H groups in total. The third-order valence-electron chi connectivity index (χ3n) is 5.66. The Balaban J connectivity index is 1.42. The summed E-state index contributed by atoms with van der Waals surface area (Å²) in [5.74, 6) is 0.232. The second kappa shape index (κ2) is 8.36.